The molecule has 1 N–H and O–H groups in total. The average molecular weight is 466 g/mol. The van der Waals surface area contributed by atoms with Gasteiger partial charge in [-0.25, -0.2) is 8.42 Å². The predicted octanol–water partition coefficient (Wildman–Crippen LogP) is 5.85. The molecule has 30 heavy (non-hydrogen) atoms. The second kappa shape index (κ2) is 9.00. The highest BCUT2D eigenvalue weighted by Crippen LogP contribution is 2.27. The maximum Gasteiger partial charge on any atom is 0.262 e. The first-order chi connectivity index (χ1) is 14.1. The van der Waals surface area contributed by atoms with E-state index in [0.29, 0.717) is 39.6 Å². The van der Waals surface area contributed by atoms with Crippen LogP contribution in [-0.2, 0) is 23.0 Å². The van der Waals surface area contributed by atoms with Crippen LogP contribution < -0.4 is 4.72 Å². The molecule has 5 nitrogen and oxygen atoms in total. The van der Waals surface area contributed by atoms with Crippen molar-refractivity contribution in [3.8, 4) is 0 Å². The first-order valence-corrected chi connectivity index (χ1v) is 11.9. The lowest BCUT2D eigenvalue weighted by atomic mass is 10.0. The summed E-state index contributed by atoms with van der Waals surface area (Å²) in [5.74, 6) is 0.510. The Morgan fingerprint density at radius 3 is 2.33 bits per heavy atom. The van der Waals surface area contributed by atoms with Crippen LogP contribution in [0.4, 0.5) is 5.69 Å². The van der Waals surface area contributed by atoms with E-state index in [-0.39, 0.29) is 4.90 Å². The van der Waals surface area contributed by atoms with Gasteiger partial charge in [-0.05, 0) is 61.6 Å². The van der Waals surface area contributed by atoms with Gasteiger partial charge in [0.25, 0.3) is 10.0 Å². The SMILES string of the molecule is Cc1nn(Cc2ccc(Cl)cc2Cl)c(C)c1NS(=O)(=O)c1ccc(CC(C)C)cc1. The van der Waals surface area contributed by atoms with Gasteiger partial charge in [-0.2, -0.15) is 5.10 Å². The van der Waals surface area contributed by atoms with E-state index in [1.807, 2.05) is 25.1 Å². The number of sulfonamides is 1. The van der Waals surface area contributed by atoms with Crippen LogP contribution in [-0.4, -0.2) is 18.2 Å². The molecule has 0 fully saturated rings. The van der Waals surface area contributed by atoms with E-state index in [2.05, 4.69) is 23.7 Å². The van der Waals surface area contributed by atoms with Crippen LogP contribution in [0.15, 0.2) is 47.4 Å². The van der Waals surface area contributed by atoms with E-state index in [9.17, 15) is 8.42 Å². The highest BCUT2D eigenvalue weighted by Gasteiger charge is 2.20. The van der Waals surface area contributed by atoms with Gasteiger partial charge in [0.05, 0.1) is 28.5 Å². The van der Waals surface area contributed by atoms with E-state index in [1.54, 1.807) is 35.9 Å². The minimum atomic E-state index is -3.72. The molecule has 0 aliphatic heterocycles. The number of rotatable bonds is 7. The van der Waals surface area contributed by atoms with Crippen molar-refractivity contribution in [2.24, 2.45) is 5.92 Å². The maximum absolute atomic E-state index is 12.9. The monoisotopic (exact) mass is 465 g/mol. The van der Waals surface area contributed by atoms with Gasteiger partial charge in [-0.1, -0.05) is 55.2 Å². The zero-order chi connectivity index (χ0) is 22.1. The number of hydrogen-bond acceptors (Lipinski definition) is 3. The number of anilines is 1. The van der Waals surface area contributed by atoms with Crippen molar-refractivity contribution in [2.75, 3.05) is 4.72 Å². The third kappa shape index (κ3) is 5.17. The minimum Gasteiger partial charge on any atom is -0.276 e. The average Bonchev–Trinajstić information content (AvgIpc) is 2.91. The number of halogens is 2. The summed E-state index contributed by atoms with van der Waals surface area (Å²) in [5, 5.41) is 5.59. The van der Waals surface area contributed by atoms with Gasteiger partial charge in [0, 0.05) is 10.0 Å². The van der Waals surface area contributed by atoms with E-state index < -0.39 is 10.0 Å². The van der Waals surface area contributed by atoms with Crippen LogP contribution in [0.5, 0.6) is 0 Å². The maximum atomic E-state index is 12.9. The summed E-state index contributed by atoms with van der Waals surface area (Å²) in [6, 6.07) is 12.3. The lowest BCUT2D eigenvalue weighted by Crippen LogP contribution is -2.14. The van der Waals surface area contributed by atoms with E-state index in [4.69, 9.17) is 23.2 Å². The molecule has 8 heteroatoms. The first kappa shape index (κ1) is 22.7. The van der Waals surface area contributed by atoms with Crippen molar-refractivity contribution in [3.05, 3.63) is 75.0 Å². The fourth-order valence-electron chi connectivity index (χ4n) is 3.28. The number of hydrogen-bond donors (Lipinski definition) is 1. The summed E-state index contributed by atoms with van der Waals surface area (Å²) in [6.45, 7) is 8.28. The molecule has 0 spiro atoms. The van der Waals surface area contributed by atoms with Crippen molar-refractivity contribution < 1.29 is 8.42 Å². The van der Waals surface area contributed by atoms with Crippen molar-refractivity contribution in [1.82, 2.24) is 9.78 Å². The molecule has 0 bridgehead atoms. The van der Waals surface area contributed by atoms with Gasteiger partial charge >= 0.3 is 0 Å². The Bertz CT molecular complexity index is 1150. The van der Waals surface area contributed by atoms with Crippen molar-refractivity contribution >= 4 is 38.9 Å². The third-order valence-corrected chi connectivity index (χ3v) is 6.78. The molecule has 0 aliphatic carbocycles. The molecule has 0 aliphatic rings. The highest BCUT2D eigenvalue weighted by molar-refractivity contribution is 7.92. The first-order valence-electron chi connectivity index (χ1n) is 9.66. The normalized spacial score (nSPS) is 11.8. The van der Waals surface area contributed by atoms with Gasteiger partial charge < -0.3 is 0 Å². The second-order valence-corrected chi connectivity index (χ2v) is 10.3. The Balaban J connectivity index is 1.84. The smallest absolute Gasteiger partial charge is 0.262 e. The molecule has 1 aromatic heterocycles. The fraction of sp³-hybridized carbons (Fsp3) is 0.318. The predicted molar refractivity (Wildman–Crippen MR) is 123 cm³/mol. The van der Waals surface area contributed by atoms with Gasteiger partial charge in [0.1, 0.15) is 0 Å². The molecular weight excluding hydrogens is 441 g/mol. The number of nitrogens with one attached hydrogen (secondary N) is 1. The fourth-order valence-corrected chi connectivity index (χ4v) is 4.92. The van der Waals surface area contributed by atoms with E-state index in [0.717, 1.165) is 17.5 Å². The summed E-state index contributed by atoms with van der Waals surface area (Å²) >= 11 is 12.2. The molecule has 0 atom stereocenters. The molecule has 0 amide bonds. The highest BCUT2D eigenvalue weighted by atomic mass is 35.5. The van der Waals surface area contributed by atoms with Crippen LogP contribution in [0.3, 0.4) is 0 Å². The summed E-state index contributed by atoms with van der Waals surface area (Å²) in [6.07, 6.45) is 0.909. The Hall–Kier alpha value is -2.02. The molecule has 0 radical (unpaired) electrons. The van der Waals surface area contributed by atoms with Crippen molar-refractivity contribution in [1.29, 1.82) is 0 Å². The molecule has 0 unspecified atom stereocenters. The van der Waals surface area contributed by atoms with Crippen LogP contribution in [0.25, 0.3) is 0 Å². The van der Waals surface area contributed by atoms with Crippen LogP contribution in [0.2, 0.25) is 10.0 Å². The van der Waals surface area contributed by atoms with Crippen LogP contribution in [0.1, 0.15) is 36.4 Å². The van der Waals surface area contributed by atoms with Crippen LogP contribution >= 0.6 is 23.2 Å². The summed E-state index contributed by atoms with van der Waals surface area (Å²) in [7, 11) is -3.72. The molecule has 2 aromatic carbocycles. The molecule has 0 saturated heterocycles. The Kier molecular flexibility index (Phi) is 6.80. The lowest BCUT2D eigenvalue weighted by molar-refractivity contribution is 0.601. The third-order valence-electron chi connectivity index (χ3n) is 4.83. The quantitative estimate of drug-likeness (QED) is 0.475. The topological polar surface area (TPSA) is 64.0 Å². The van der Waals surface area contributed by atoms with Gasteiger partial charge in [-0.15, -0.1) is 0 Å². The molecule has 0 saturated carbocycles. The number of nitrogens with zero attached hydrogens (tertiary/aromatic N) is 2. The lowest BCUT2D eigenvalue weighted by Gasteiger charge is -2.11. The molecule has 3 rings (SSSR count). The summed E-state index contributed by atoms with van der Waals surface area (Å²) < 4.78 is 30.3. The van der Waals surface area contributed by atoms with Gasteiger partial charge in [0.2, 0.25) is 0 Å². The molecule has 3 aromatic rings. The second-order valence-electron chi connectivity index (χ2n) is 7.79. The summed E-state index contributed by atoms with van der Waals surface area (Å²) in [5.41, 5.74) is 3.74. The number of benzene rings is 2. The van der Waals surface area contributed by atoms with Crippen molar-refractivity contribution in [2.45, 2.75) is 45.6 Å². The van der Waals surface area contributed by atoms with Gasteiger partial charge in [0.15, 0.2) is 0 Å². The standard InChI is InChI=1S/C22H25Cl2N3O2S/c1-14(2)11-17-5-9-20(10-6-17)30(28,29)26-22-15(3)25-27(16(22)4)13-18-7-8-19(23)12-21(18)24/h5-10,12,14,26H,11,13H2,1-4H3. The minimum absolute atomic E-state index is 0.224. The van der Waals surface area contributed by atoms with E-state index in [1.165, 1.54) is 0 Å². The Morgan fingerprint density at radius 2 is 1.73 bits per heavy atom. The number of aryl methyl sites for hydroxylation is 1. The zero-order valence-electron chi connectivity index (χ0n) is 17.4. The van der Waals surface area contributed by atoms with Gasteiger partial charge in [-0.3, -0.25) is 9.40 Å². The molecular formula is C22H25Cl2N3O2S. The Morgan fingerprint density at radius 1 is 1.07 bits per heavy atom. The van der Waals surface area contributed by atoms with Crippen LogP contribution in [0, 0.1) is 19.8 Å². The molecule has 160 valence electrons. The largest absolute Gasteiger partial charge is 0.276 e. The van der Waals surface area contributed by atoms with E-state index >= 15 is 0 Å². The molecule has 1 heterocycles. The van der Waals surface area contributed by atoms with Crippen molar-refractivity contribution in [3.63, 3.8) is 0 Å². The number of aromatic nitrogens is 2. The zero-order valence-corrected chi connectivity index (χ0v) is 19.7. The summed E-state index contributed by atoms with van der Waals surface area (Å²) in [4.78, 5) is 0.224. The Labute approximate surface area is 188 Å².